The number of amides is 1. The maximum Gasteiger partial charge on any atom is 0.234 e. The molecule has 27 heavy (non-hydrogen) atoms. The fourth-order valence-electron chi connectivity index (χ4n) is 4.15. The van der Waals surface area contributed by atoms with Crippen LogP contribution in [-0.4, -0.2) is 73.7 Å². The first-order valence-corrected chi connectivity index (χ1v) is 10.4. The average Bonchev–Trinajstić information content (AvgIpc) is 2.70. The first-order valence-electron chi connectivity index (χ1n) is 10.4. The third-order valence-electron chi connectivity index (χ3n) is 6.03. The van der Waals surface area contributed by atoms with Gasteiger partial charge in [0.2, 0.25) is 5.91 Å². The molecular weight excluding hydrogens is 338 g/mol. The van der Waals surface area contributed by atoms with Crippen LogP contribution in [-0.2, 0) is 16.0 Å². The van der Waals surface area contributed by atoms with E-state index in [0.29, 0.717) is 13.1 Å². The van der Waals surface area contributed by atoms with E-state index in [9.17, 15) is 4.79 Å². The standard InChI is InChI=1S/C22H35N3O2/c1-22(2,25-12-14-27-15-13-25)18-23-21(26)17-24-10-8-20(9-11-24)16-19-6-4-3-5-7-19/h3-7,20H,8-18H2,1-2H3,(H,23,26). The van der Waals surface area contributed by atoms with E-state index in [1.807, 2.05) is 0 Å². The van der Waals surface area contributed by atoms with Crippen LogP contribution < -0.4 is 5.32 Å². The lowest BCUT2D eigenvalue weighted by molar-refractivity contribution is -0.123. The first kappa shape index (κ1) is 20.3. The Bertz CT molecular complexity index is 576. The first-order chi connectivity index (χ1) is 13.0. The van der Waals surface area contributed by atoms with Gasteiger partial charge in [-0.25, -0.2) is 0 Å². The molecule has 5 nitrogen and oxygen atoms in total. The lowest BCUT2D eigenvalue weighted by atomic mass is 9.90. The number of nitrogens with one attached hydrogen (secondary N) is 1. The lowest BCUT2D eigenvalue weighted by Gasteiger charge is -2.41. The van der Waals surface area contributed by atoms with Gasteiger partial charge in [0.15, 0.2) is 0 Å². The number of carbonyl (C=O) groups is 1. The summed E-state index contributed by atoms with van der Waals surface area (Å²) in [5, 5.41) is 3.16. The van der Waals surface area contributed by atoms with Crippen molar-refractivity contribution in [2.45, 2.75) is 38.6 Å². The number of nitrogens with zero attached hydrogens (tertiary/aromatic N) is 2. The molecule has 0 saturated carbocycles. The fourth-order valence-corrected chi connectivity index (χ4v) is 4.15. The van der Waals surface area contributed by atoms with Crippen molar-refractivity contribution in [1.82, 2.24) is 15.1 Å². The molecule has 5 heteroatoms. The number of hydrogen-bond acceptors (Lipinski definition) is 4. The topological polar surface area (TPSA) is 44.8 Å². The molecule has 0 radical (unpaired) electrons. The maximum absolute atomic E-state index is 12.4. The minimum absolute atomic E-state index is 0.0257. The zero-order chi connectivity index (χ0) is 19.1. The molecule has 1 aromatic rings. The van der Waals surface area contributed by atoms with Gasteiger partial charge in [-0.05, 0) is 57.7 Å². The fraction of sp³-hybridized carbons (Fsp3) is 0.682. The highest BCUT2D eigenvalue weighted by atomic mass is 16.5. The van der Waals surface area contributed by atoms with Crippen LogP contribution in [0.15, 0.2) is 30.3 Å². The molecule has 1 amide bonds. The van der Waals surface area contributed by atoms with E-state index in [1.165, 1.54) is 18.4 Å². The molecule has 1 aromatic carbocycles. The Balaban J connectivity index is 1.35. The van der Waals surface area contributed by atoms with Crippen LogP contribution in [0.3, 0.4) is 0 Å². The normalized spacial score (nSPS) is 20.5. The molecule has 150 valence electrons. The second-order valence-electron chi connectivity index (χ2n) is 8.60. The summed E-state index contributed by atoms with van der Waals surface area (Å²) in [6.07, 6.45) is 3.53. The Morgan fingerprint density at radius 1 is 1.11 bits per heavy atom. The molecule has 2 heterocycles. The van der Waals surface area contributed by atoms with E-state index in [4.69, 9.17) is 4.74 Å². The minimum Gasteiger partial charge on any atom is -0.379 e. The number of benzene rings is 1. The van der Waals surface area contributed by atoms with Gasteiger partial charge in [-0.3, -0.25) is 14.6 Å². The SMILES string of the molecule is CC(C)(CNC(=O)CN1CCC(Cc2ccccc2)CC1)N1CCOCC1. The number of hydrogen-bond donors (Lipinski definition) is 1. The second kappa shape index (κ2) is 9.67. The summed E-state index contributed by atoms with van der Waals surface area (Å²) < 4.78 is 5.43. The van der Waals surface area contributed by atoms with Crippen LogP contribution in [0.4, 0.5) is 0 Å². The number of rotatable bonds is 7. The van der Waals surface area contributed by atoms with Gasteiger partial charge in [0.25, 0.3) is 0 Å². The molecule has 2 aliphatic heterocycles. The maximum atomic E-state index is 12.4. The molecule has 3 rings (SSSR count). The Labute approximate surface area is 164 Å². The zero-order valence-corrected chi connectivity index (χ0v) is 17.0. The van der Waals surface area contributed by atoms with E-state index in [-0.39, 0.29) is 11.4 Å². The van der Waals surface area contributed by atoms with E-state index >= 15 is 0 Å². The summed E-state index contributed by atoms with van der Waals surface area (Å²) in [5.74, 6) is 0.893. The molecule has 0 atom stereocenters. The number of likely N-dealkylation sites (tertiary alicyclic amines) is 1. The predicted octanol–water partition coefficient (Wildman–Crippen LogP) is 2.17. The largest absolute Gasteiger partial charge is 0.379 e. The smallest absolute Gasteiger partial charge is 0.234 e. The molecule has 0 aromatic heterocycles. The molecule has 0 aliphatic carbocycles. The highest BCUT2D eigenvalue weighted by Crippen LogP contribution is 2.21. The van der Waals surface area contributed by atoms with Crippen molar-refractivity contribution < 1.29 is 9.53 Å². The molecule has 2 saturated heterocycles. The molecule has 1 N–H and O–H groups in total. The third-order valence-corrected chi connectivity index (χ3v) is 6.03. The Morgan fingerprint density at radius 2 is 1.78 bits per heavy atom. The Kier molecular flexibility index (Phi) is 7.27. The van der Waals surface area contributed by atoms with E-state index in [0.717, 1.165) is 51.7 Å². The summed E-state index contributed by atoms with van der Waals surface area (Å²) in [6, 6.07) is 10.7. The average molecular weight is 374 g/mol. The minimum atomic E-state index is -0.0257. The van der Waals surface area contributed by atoms with Crippen molar-refractivity contribution in [3.63, 3.8) is 0 Å². The van der Waals surface area contributed by atoms with Crippen LogP contribution in [0.25, 0.3) is 0 Å². The number of morpholine rings is 1. The van der Waals surface area contributed by atoms with Crippen LogP contribution >= 0.6 is 0 Å². The summed E-state index contributed by atoms with van der Waals surface area (Å²) in [5.41, 5.74) is 1.40. The van der Waals surface area contributed by atoms with Crippen molar-refractivity contribution in [3.8, 4) is 0 Å². The number of piperidine rings is 1. The molecular formula is C22H35N3O2. The summed E-state index contributed by atoms with van der Waals surface area (Å²) >= 11 is 0. The van der Waals surface area contributed by atoms with Gasteiger partial charge in [0, 0.05) is 25.2 Å². The van der Waals surface area contributed by atoms with E-state index < -0.39 is 0 Å². The van der Waals surface area contributed by atoms with Crippen molar-refractivity contribution in [3.05, 3.63) is 35.9 Å². The predicted molar refractivity (Wildman–Crippen MR) is 109 cm³/mol. The van der Waals surface area contributed by atoms with Gasteiger partial charge in [0.1, 0.15) is 0 Å². The number of ether oxygens (including phenoxy) is 1. The van der Waals surface area contributed by atoms with Gasteiger partial charge in [-0.2, -0.15) is 0 Å². The van der Waals surface area contributed by atoms with E-state index in [1.54, 1.807) is 0 Å². The summed E-state index contributed by atoms with van der Waals surface area (Å²) in [4.78, 5) is 17.1. The molecule has 0 spiro atoms. The van der Waals surface area contributed by atoms with Crippen molar-refractivity contribution in [2.24, 2.45) is 5.92 Å². The van der Waals surface area contributed by atoms with Crippen LogP contribution in [0, 0.1) is 5.92 Å². The highest BCUT2D eigenvalue weighted by Gasteiger charge is 2.29. The summed E-state index contributed by atoms with van der Waals surface area (Å²) in [7, 11) is 0. The van der Waals surface area contributed by atoms with Crippen molar-refractivity contribution in [2.75, 3.05) is 52.5 Å². The molecule has 2 aliphatic rings. The van der Waals surface area contributed by atoms with Gasteiger partial charge in [-0.15, -0.1) is 0 Å². The van der Waals surface area contributed by atoms with E-state index in [2.05, 4.69) is 59.3 Å². The Hall–Kier alpha value is -1.43. The molecule has 0 bridgehead atoms. The molecule has 0 unspecified atom stereocenters. The van der Waals surface area contributed by atoms with Crippen molar-refractivity contribution >= 4 is 5.91 Å². The highest BCUT2D eigenvalue weighted by molar-refractivity contribution is 5.78. The van der Waals surface area contributed by atoms with Crippen LogP contribution in [0.1, 0.15) is 32.3 Å². The molecule has 2 fully saturated rings. The van der Waals surface area contributed by atoms with Crippen LogP contribution in [0.5, 0.6) is 0 Å². The summed E-state index contributed by atoms with van der Waals surface area (Å²) in [6.45, 7) is 11.1. The zero-order valence-electron chi connectivity index (χ0n) is 17.0. The second-order valence-corrected chi connectivity index (χ2v) is 8.60. The van der Waals surface area contributed by atoms with Gasteiger partial charge >= 0.3 is 0 Å². The third kappa shape index (κ3) is 6.30. The number of carbonyl (C=O) groups excluding carboxylic acids is 1. The lowest BCUT2D eigenvalue weighted by Crippen LogP contribution is -2.56. The van der Waals surface area contributed by atoms with Gasteiger partial charge in [-0.1, -0.05) is 30.3 Å². The van der Waals surface area contributed by atoms with Crippen molar-refractivity contribution in [1.29, 1.82) is 0 Å². The Morgan fingerprint density at radius 3 is 2.44 bits per heavy atom. The van der Waals surface area contributed by atoms with Gasteiger partial charge in [0.05, 0.1) is 19.8 Å². The van der Waals surface area contributed by atoms with Gasteiger partial charge < -0.3 is 10.1 Å². The quantitative estimate of drug-likeness (QED) is 0.796. The van der Waals surface area contributed by atoms with Crippen LogP contribution in [0.2, 0.25) is 0 Å². The monoisotopic (exact) mass is 373 g/mol.